The second-order valence-electron chi connectivity index (χ2n) is 2.49. The highest BCUT2D eigenvalue weighted by molar-refractivity contribution is 6.31. The fourth-order valence-corrected chi connectivity index (χ4v) is 1.29. The molecule has 0 amide bonds. The third kappa shape index (κ3) is 2.06. The Kier molecular flexibility index (Phi) is 3.03. The van der Waals surface area contributed by atoms with E-state index < -0.39 is 11.0 Å². The van der Waals surface area contributed by atoms with E-state index in [2.05, 4.69) is 6.58 Å². The van der Waals surface area contributed by atoms with Crippen molar-refractivity contribution in [3.8, 4) is 0 Å². The molecule has 0 aliphatic heterocycles. The van der Waals surface area contributed by atoms with Crippen molar-refractivity contribution in [3.63, 3.8) is 0 Å². The molecule has 0 heterocycles. The molecule has 3 nitrogen and oxygen atoms in total. The summed E-state index contributed by atoms with van der Waals surface area (Å²) in [6.45, 7) is 3.40. The van der Waals surface area contributed by atoms with Crippen LogP contribution in [-0.2, 0) is 0 Å². The molecular formula is C9H8ClNO2. The van der Waals surface area contributed by atoms with Gasteiger partial charge in [0.05, 0.1) is 5.02 Å². The van der Waals surface area contributed by atoms with Gasteiger partial charge in [0.15, 0.2) is 0 Å². The van der Waals surface area contributed by atoms with E-state index >= 15 is 0 Å². The van der Waals surface area contributed by atoms with Crippen LogP contribution < -0.4 is 0 Å². The first-order chi connectivity index (χ1) is 6.16. The zero-order valence-corrected chi connectivity index (χ0v) is 7.57. The standard InChI is InChI=1S/C9H8ClNO2/c1-2-9(11(12)13)7-5-3-4-6-8(7)10/h2-6,9H,1H2. The minimum absolute atomic E-state index is 0.393. The van der Waals surface area contributed by atoms with E-state index in [1.807, 2.05) is 0 Å². The number of benzene rings is 1. The third-order valence-corrected chi connectivity index (χ3v) is 2.02. The van der Waals surface area contributed by atoms with E-state index in [0.29, 0.717) is 10.6 Å². The van der Waals surface area contributed by atoms with E-state index in [4.69, 9.17) is 11.6 Å². The van der Waals surface area contributed by atoms with Gasteiger partial charge in [0.25, 0.3) is 6.04 Å². The molecule has 1 aromatic rings. The van der Waals surface area contributed by atoms with Gasteiger partial charge in [0.1, 0.15) is 0 Å². The first-order valence-corrected chi connectivity index (χ1v) is 4.05. The molecule has 0 aromatic heterocycles. The zero-order chi connectivity index (χ0) is 9.84. The number of nitrogens with zero attached hydrogens (tertiary/aromatic N) is 1. The lowest BCUT2D eigenvalue weighted by Crippen LogP contribution is -2.07. The molecule has 0 fully saturated rings. The monoisotopic (exact) mass is 197 g/mol. The fraction of sp³-hybridized carbons (Fsp3) is 0.111. The van der Waals surface area contributed by atoms with Crippen LogP contribution in [0.1, 0.15) is 11.6 Å². The zero-order valence-electron chi connectivity index (χ0n) is 6.81. The molecular weight excluding hydrogens is 190 g/mol. The van der Waals surface area contributed by atoms with Crippen molar-refractivity contribution in [2.24, 2.45) is 0 Å². The number of rotatable bonds is 3. The molecule has 1 atom stereocenters. The van der Waals surface area contributed by atoms with Gasteiger partial charge in [-0.3, -0.25) is 10.1 Å². The first kappa shape index (κ1) is 9.74. The molecule has 1 unspecified atom stereocenters. The Labute approximate surface area is 80.8 Å². The van der Waals surface area contributed by atoms with Gasteiger partial charge in [-0.1, -0.05) is 36.4 Å². The molecule has 13 heavy (non-hydrogen) atoms. The summed E-state index contributed by atoms with van der Waals surface area (Å²) in [6.07, 6.45) is 1.27. The van der Waals surface area contributed by atoms with E-state index in [1.165, 1.54) is 6.08 Å². The Morgan fingerprint density at radius 1 is 1.54 bits per heavy atom. The topological polar surface area (TPSA) is 43.1 Å². The van der Waals surface area contributed by atoms with E-state index in [0.717, 1.165) is 0 Å². The fourth-order valence-electron chi connectivity index (χ4n) is 1.04. The maximum Gasteiger partial charge on any atom is 0.257 e. The van der Waals surface area contributed by atoms with Crippen LogP contribution in [0.25, 0.3) is 0 Å². The number of halogens is 1. The molecule has 0 radical (unpaired) electrons. The smallest absolute Gasteiger partial charge is 0.257 e. The number of hydrogen-bond donors (Lipinski definition) is 0. The molecule has 0 aliphatic rings. The largest absolute Gasteiger partial charge is 0.264 e. The molecule has 4 heteroatoms. The third-order valence-electron chi connectivity index (χ3n) is 1.67. The van der Waals surface area contributed by atoms with Gasteiger partial charge in [0.2, 0.25) is 0 Å². The second-order valence-corrected chi connectivity index (χ2v) is 2.89. The number of hydrogen-bond acceptors (Lipinski definition) is 2. The van der Waals surface area contributed by atoms with Crippen LogP contribution in [0, 0.1) is 10.1 Å². The van der Waals surface area contributed by atoms with Crippen molar-refractivity contribution < 1.29 is 4.92 Å². The molecule has 1 aromatic carbocycles. The predicted octanol–water partition coefficient (Wildman–Crippen LogP) is 2.84. The molecule has 0 aliphatic carbocycles. The molecule has 0 bridgehead atoms. The molecule has 0 saturated carbocycles. The average molecular weight is 198 g/mol. The van der Waals surface area contributed by atoms with Crippen LogP contribution in [0.4, 0.5) is 0 Å². The van der Waals surface area contributed by atoms with Crippen LogP contribution in [0.2, 0.25) is 5.02 Å². The summed E-state index contributed by atoms with van der Waals surface area (Å²) in [6, 6.07) is 5.76. The van der Waals surface area contributed by atoms with Crippen molar-refractivity contribution in [2.45, 2.75) is 6.04 Å². The highest BCUT2D eigenvalue weighted by Gasteiger charge is 2.20. The minimum Gasteiger partial charge on any atom is -0.264 e. The van der Waals surface area contributed by atoms with Crippen LogP contribution in [0.5, 0.6) is 0 Å². The lowest BCUT2D eigenvalue weighted by atomic mass is 10.1. The van der Waals surface area contributed by atoms with E-state index in [1.54, 1.807) is 24.3 Å². The summed E-state index contributed by atoms with van der Waals surface area (Å²) in [5, 5.41) is 11.0. The van der Waals surface area contributed by atoms with Crippen molar-refractivity contribution in [1.29, 1.82) is 0 Å². The van der Waals surface area contributed by atoms with Gasteiger partial charge in [-0.05, 0) is 12.1 Å². The summed E-state index contributed by atoms with van der Waals surface area (Å²) in [5.74, 6) is 0. The maximum absolute atomic E-state index is 10.6. The summed E-state index contributed by atoms with van der Waals surface area (Å²) < 4.78 is 0. The Hall–Kier alpha value is -1.35. The SMILES string of the molecule is C=CC(c1ccccc1Cl)[N+](=O)[O-]. The Morgan fingerprint density at radius 3 is 2.62 bits per heavy atom. The Balaban J connectivity index is 3.12. The predicted molar refractivity (Wildman–Crippen MR) is 51.4 cm³/mol. The highest BCUT2D eigenvalue weighted by Crippen LogP contribution is 2.25. The summed E-state index contributed by atoms with van der Waals surface area (Å²) in [5.41, 5.74) is 0.476. The van der Waals surface area contributed by atoms with Crippen LogP contribution in [0.3, 0.4) is 0 Å². The highest BCUT2D eigenvalue weighted by atomic mass is 35.5. The van der Waals surface area contributed by atoms with Crippen LogP contribution in [0.15, 0.2) is 36.9 Å². The summed E-state index contributed by atoms with van der Waals surface area (Å²) >= 11 is 5.79. The second kappa shape index (κ2) is 4.05. The van der Waals surface area contributed by atoms with Gasteiger partial charge >= 0.3 is 0 Å². The lowest BCUT2D eigenvalue weighted by molar-refractivity contribution is -0.515. The van der Waals surface area contributed by atoms with Crippen molar-refractivity contribution >= 4 is 11.6 Å². The molecule has 0 N–H and O–H groups in total. The molecule has 0 saturated heterocycles. The van der Waals surface area contributed by atoms with Gasteiger partial charge in [-0.2, -0.15) is 0 Å². The van der Waals surface area contributed by atoms with E-state index in [9.17, 15) is 10.1 Å². The molecule has 1 rings (SSSR count). The Morgan fingerprint density at radius 2 is 2.15 bits per heavy atom. The normalized spacial score (nSPS) is 12.1. The Bertz CT molecular complexity index is 338. The lowest BCUT2D eigenvalue weighted by Gasteiger charge is -2.05. The van der Waals surface area contributed by atoms with Gasteiger partial charge < -0.3 is 0 Å². The summed E-state index contributed by atoms with van der Waals surface area (Å²) in [7, 11) is 0. The van der Waals surface area contributed by atoms with Gasteiger partial charge in [0, 0.05) is 10.5 Å². The molecule has 0 spiro atoms. The maximum atomic E-state index is 10.6. The number of nitro groups is 1. The quantitative estimate of drug-likeness (QED) is 0.425. The van der Waals surface area contributed by atoms with E-state index in [-0.39, 0.29) is 0 Å². The van der Waals surface area contributed by atoms with Gasteiger partial charge in [-0.15, -0.1) is 0 Å². The summed E-state index contributed by atoms with van der Waals surface area (Å²) in [4.78, 5) is 10.1. The molecule has 68 valence electrons. The first-order valence-electron chi connectivity index (χ1n) is 3.67. The van der Waals surface area contributed by atoms with Gasteiger partial charge in [-0.25, -0.2) is 0 Å². The minimum atomic E-state index is -0.923. The van der Waals surface area contributed by atoms with Crippen molar-refractivity contribution in [3.05, 3.63) is 57.6 Å². The average Bonchev–Trinajstić information content (AvgIpc) is 2.09. The van der Waals surface area contributed by atoms with Crippen LogP contribution in [-0.4, -0.2) is 4.92 Å². The van der Waals surface area contributed by atoms with Crippen LogP contribution >= 0.6 is 11.6 Å². The van der Waals surface area contributed by atoms with Crippen molar-refractivity contribution in [1.82, 2.24) is 0 Å². The van der Waals surface area contributed by atoms with Crippen molar-refractivity contribution in [2.75, 3.05) is 0 Å².